The molecule has 0 bridgehead atoms. The zero-order valence-electron chi connectivity index (χ0n) is 16.3. The van der Waals surface area contributed by atoms with Crippen LogP contribution in [0.25, 0.3) is 6.08 Å². The molecule has 31 heavy (non-hydrogen) atoms. The highest BCUT2D eigenvalue weighted by Gasteiger charge is 2.38. The molecular formula is C23H18BrFN2O3S. The second-order valence-corrected chi connectivity index (χ2v) is 9.99. The largest absolute Gasteiger partial charge is 0.294 e. The van der Waals surface area contributed by atoms with Gasteiger partial charge in [-0.15, -0.1) is 0 Å². The normalized spacial score (nSPS) is 19.0. The van der Waals surface area contributed by atoms with E-state index in [0.29, 0.717) is 5.56 Å². The number of sulfonamides is 1. The van der Waals surface area contributed by atoms with Gasteiger partial charge in [-0.2, -0.15) is 4.31 Å². The van der Waals surface area contributed by atoms with E-state index in [1.165, 1.54) is 28.6 Å². The molecule has 8 heteroatoms. The summed E-state index contributed by atoms with van der Waals surface area (Å²) in [6, 6.07) is 15.8. The number of carbonyl (C=O) groups is 1. The van der Waals surface area contributed by atoms with Crippen molar-refractivity contribution in [2.24, 2.45) is 0 Å². The number of nitrogens with zero attached hydrogens (tertiary/aromatic N) is 2. The van der Waals surface area contributed by atoms with Crippen molar-refractivity contribution in [2.75, 3.05) is 13.1 Å². The molecule has 0 spiro atoms. The first-order valence-corrected chi connectivity index (χ1v) is 11.7. The summed E-state index contributed by atoms with van der Waals surface area (Å²) in [5, 5.41) is 0. The first-order valence-electron chi connectivity index (χ1n) is 9.51. The van der Waals surface area contributed by atoms with Gasteiger partial charge < -0.3 is 0 Å². The van der Waals surface area contributed by atoms with Crippen LogP contribution in [0.1, 0.15) is 17.0 Å². The van der Waals surface area contributed by atoms with Crippen LogP contribution in [-0.4, -0.2) is 36.6 Å². The van der Waals surface area contributed by atoms with E-state index in [2.05, 4.69) is 20.9 Å². The minimum Gasteiger partial charge on any atom is -0.294 e. The van der Waals surface area contributed by atoms with Gasteiger partial charge in [0, 0.05) is 41.1 Å². The molecule has 0 radical (unpaired) electrons. The van der Waals surface area contributed by atoms with E-state index < -0.39 is 21.8 Å². The highest BCUT2D eigenvalue weighted by atomic mass is 79.9. The van der Waals surface area contributed by atoms with Gasteiger partial charge in [0.05, 0.1) is 10.8 Å². The van der Waals surface area contributed by atoms with Crippen LogP contribution >= 0.6 is 15.9 Å². The Kier molecular flexibility index (Phi) is 6.13. The highest BCUT2D eigenvalue weighted by Crippen LogP contribution is 2.32. The lowest BCUT2D eigenvalue weighted by atomic mass is 9.87. The topological polar surface area (TPSA) is 67.3 Å². The molecule has 2 heterocycles. The van der Waals surface area contributed by atoms with E-state index >= 15 is 0 Å². The Balaban J connectivity index is 1.78. The summed E-state index contributed by atoms with van der Waals surface area (Å²) in [7, 11) is -3.87. The average molecular weight is 501 g/mol. The summed E-state index contributed by atoms with van der Waals surface area (Å²) in [4.78, 5) is 17.4. The molecule has 1 unspecified atom stereocenters. The van der Waals surface area contributed by atoms with Crippen LogP contribution in [0.5, 0.6) is 0 Å². The first-order chi connectivity index (χ1) is 14.9. The van der Waals surface area contributed by atoms with Crippen molar-refractivity contribution >= 4 is 37.8 Å². The predicted octanol–water partition coefficient (Wildman–Crippen LogP) is 4.42. The smallest absolute Gasteiger partial charge is 0.243 e. The van der Waals surface area contributed by atoms with E-state index in [-0.39, 0.29) is 34.9 Å². The third-order valence-corrected chi connectivity index (χ3v) is 7.52. The summed E-state index contributed by atoms with van der Waals surface area (Å²) < 4.78 is 42.9. The molecule has 158 valence electrons. The van der Waals surface area contributed by atoms with Crippen LogP contribution in [0.4, 0.5) is 4.39 Å². The van der Waals surface area contributed by atoms with Crippen molar-refractivity contribution in [3.63, 3.8) is 0 Å². The standard InChI is InChI=1S/C23H18BrFN2O3S/c24-19-5-7-20(8-6-19)31(29,30)27-14-18(13-17-3-1-2-4-22(17)25)23(28)21(15-27)16-9-11-26-12-10-16/h1-13,21H,14-15H2. The van der Waals surface area contributed by atoms with Gasteiger partial charge in [-0.3, -0.25) is 9.78 Å². The molecule has 1 aromatic heterocycles. The fraction of sp³-hybridized carbons (Fsp3) is 0.130. The maximum absolute atomic E-state index is 14.2. The zero-order valence-corrected chi connectivity index (χ0v) is 18.7. The number of aromatic nitrogens is 1. The second kappa shape index (κ2) is 8.82. The maximum Gasteiger partial charge on any atom is 0.243 e. The highest BCUT2D eigenvalue weighted by molar-refractivity contribution is 9.10. The van der Waals surface area contributed by atoms with Crippen molar-refractivity contribution in [1.82, 2.24) is 9.29 Å². The Morgan fingerprint density at radius 1 is 1.03 bits per heavy atom. The summed E-state index contributed by atoms with van der Waals surface area (Å²) >= 11 is 3.31. The summed E-state index contributed by atoms with van der Waals surface area (Å²) in [5.74, 6) is -1.41. The number of benzene rings is 2. The summed E-state index contributed by atoms with van der Waals surface area (Å²) in [6.45, 7) is -0.136. The Bertz CT molecular complexity index is 1250. The lowest BCUT2D eigenvalue weighted by Crippen LogP contribution is -2.44. The van der Waals surface area contributed by atoms with E-state index in [9.17, 15) is 17.6 Å². The van der Waals surface area contributed by atoms with E-state index in [0.717, 1.165) is 4.47 Å². The molecule has 1 saturated heterocycles. The van der Waals surface area contributed by atoms with Gasteiger partial charge >= 0.3 is 0 Å². The van der Waals surface area contributed by atoms with Crippen LogP contribution in [0.3, 0.4) is 0 Å². The van der Waals surface area contributed by atoms with Crippen molar-refractivity contribution in [3.05, 3.63) is 100 Å². The van der Waals surface area contributed by atoms with Crippen LogP contribution in [0, 0.1) is 5.82 Å². The number of hydrogen-bond donors (Lipinski definition) is 0. The third-order valence-electron chi connectivity index (χ3n) is 5.16. The molecule has 0 amide bonds. The quantitative estimate of drug-likeness (QED) is 0.497. The minimum atomic E-state index is -3.87. The summed E-state index contributed by atoms with van der Waals surface area (Å²) in [6.07, 6.45) is 4.56. The van der Waals surface area contributed by atoms with Gasteiger partial charge in [0.25, 0.3) is 0 Å². The number of halogens is 2. The fourth-order valence-corrected chi connectivity index (χ4v) is 5.23. The molecule has 2 aromatic carbocycles. The Morgan fingerprint density at radius 2 is 1.71 bits per heavy atom. The molecule has 0 aliphatic carbocycles. The molecule has 5 nitrogen and oxygen atoms in total. The van der Waals surface area contributed by atoms with E-state index in [1.54, 1.807) is 54.9 Å². The molecule has 1 atom stereocenters. The van der Waals surface area contributed by atoms with E-state index in [1.807, 2.05) is 0 Å². The molecule has 0 N–H and O–H groups in total. The second-order valence-electron chi connectivity index (χ2n) is 7.14. The SMILES string of the molecule is O=C1C(=Cc2ccccc2F)CN(S(=O)(=O)c2ccc(Br)cc2)CC1c1ccncc1. The molecular weight excluding hydrogens is 483 g/mol. The van der Waals surface area contributed by atoms with Crippen molar-refractivity contribution in [1.29, 1.82) is 0 Å². The molecule has 1 aliphatic heterocycles. The number of hydrogen-bond acceptors (Lipinski definition) is 4. The molecule has 0 saturated carbocycles. The van der Waals surface area contributed by atoms with Crippen LogP contribution < -0.4 is 0 Å². The third kappa shape index (κ3) is 4.51. The van der Waals surface area contributed by atoms with Gasteiger partial charge in [0.1, 0.15) is 5.82 Å². The number of carbonyl (C=O) groups excluding carboxylic acids is 1. The molecule has 1 aliphatic rings. The van der Waals surface area contributed by atoms with Crippen LogP contribution in [0.2, 0.25) is 0 Å². The molecule has 3 aromatic rings. The Morgan fingerprint density at radius 3 is 2.39 bits per heavy atom. The van der Waals surface area contributed by atoms with Gasteiger partial charge in [0.15, 0.2) is 5.78 Å². The van der Waals surface area contributed by atoms with Crippen molar-refractivity contribution in [2.45, 2.75) is 10.8 Å². The van der Waals surface area contributed by atoms with Crippen molar-refractivity contribution in [3.8, 4) is 0 Å². The predicted molar refractivity (Wildman–Crippen MR) is 119 cm³/mol. The first kappa shape index (κ1) is 21.5. The fourth-order valence-electron chi connectivity index (χ4n) is 3.53. The molecule has 4 rings (SSSR count). The van der Waals surface area contributed by atoms with Crippen molar-refractivity contribution < 1.29 is 17.6 Å². The number of Topliss-reactive ketones (excluding diaryl/α,β-unsaturated/α-hetero) is 1. The van der Waals surface area contributed by atoms with Gasteiger partial charge in [-0.05, 0) is 54.1 Å². The van der Waals surface area contributed by atoms with Crippen LogP contribution in [-0.2, 0) is 14.8 Å². The number of ketones is 1. The Hall–Kier alpha value is -2.68. The lowest BCUT2D eigenvalue weighted by Gasteiger charge is -2.33. The number of pyridine rings is 1. The number of piperidine rings is 1. The van der Waals surface area contributed by atoms with E-state index in [4.69, 9.17) is 0 Å². The molecule has 1 fully saturated rings. The summed E-state index contributed by atoms with van der Waals surface area (Å²) in [5.41, 5.74) is 1.14. The van der Waals surface area contributed by atoms with Gasteiger partial charge in [-0.25, -0.2) is 12.8 Å². The monoisotopic (exact) mass is 500 g/mol. The van der Waals surface area contributed by atoms with Crippen LogP contribution in [0.15, 0.2) is 88.0 Å². The Labute approximate surface area is 188 Å². The number of rotatable bonds is 4. The maximum atomic E-state index is 14.2. The lowest BCUT2D eigenvalue weighted by molar-refractivity contribution is -0.118. The average Bonchev–Trinajstić information content (AvgIpc) is 2.77. The van der Waals surface area contributed by atoms with Gasteiger partial charge in [-0.1, -0.05) is 34.1 Å². The van der Waals surface area contributed by atoms with Gasteiger partial charge in [0.2, 0.25) is 10.0 Å². The zero-order chi connectivity index (χ0) is 22.0. The minimum absolute atomic E-state index is 0.00411.